The van der Waals surface area contributed by atoms with Crippen molar-refractivity contribution in [3.63, 3.8) is 0 Å². The number of hydrogen-bond acceptors (Lipinski definition) is 7. The molecule has 2 aliphatic rings. The van der Waals surface area contributed by atoms with Crippen molar-refractivity contribution in [2.24, 2.45) is 11.7 Å². The molecule has 168 valence electrons. The van der Waals surface area contributed by atoms with E-state index in [4.69, 9.17) is 25.7 Å². The summed E-state index contributed by atoms with van der Waals surface area (Å²) in [6, 6.07) is 11.8. The van der Waals surface area contributed by atoms with Gasteiger partial charge in [-0.1, -0.05) is 6.07 Å². The average molecular weight is 427 g/mol. The Bertz CT molecular complexity index is 912. The highest BCUT2D eigenvalue weighted by Crippen LogP contribution is 2.41. The van der Waals surface area contributed by atoms with Crippen molar-refractivity contribution in [2.75, 3.05) is 30.7 Å². The smallest absolute Gasteiger partial charge is 0.239 e. The third kappa shape index (κ3) is 4.83. The average Bonchev–Trinajstić information content (AvgIpc) is 3.07. The fourth-order valence-electron chi connectivity index (χ4n) is 4.39. The van der Waals surface area contributed by atoms with E-state index in [-0.39, 0.29) is 12.0 Å². The Hall–Kier alpha value is -2.64. The molecule has 0 bridgehead atoms. The molecule has 2 aromatic rings. The Morgan fingerprint density at radius 3 is 2.65 bits per heavy atom. The zero-order valence-corrected chi connectivity index (χ0v) is 18.7. The molecule has 0 radical (unpaired) electrons. The normalized spacial score (nSPS) is 21.5. The summed E-state index contributed by atoms with van der Waals surface area (Å²) in [6.07, 6.45) is 2.03. The molecule has 1 unspecified atom stereocenters. The molecule has 7 heteroatoms. The molecule has 2 aromatic carbocycles. The molecule has 1 saturated heterocycles. The van der Waals surface area contributed by atoms with Crippen molar-refractivity contribution < 1.29 is 14.2 Å². The van der Waals surface area contributed by atoms with Crippen LogP contribution in [0.25, 0.3) is 0 Å². The second kappa shape index (κ2) is 8.85. The molecule has 2 aliphatic heterocycles. The number of likely N-dealkylation sites (tertiary alicyclic amines) is 1. The van der Waals surface area contributed by atoms with Crippen LogP contribution in [0.5, 0.6) is 17.2 Å². The van der Waals surface area contributed by atoms with E-state index in [0.29, 0.717) is 12.3 Å². The van der Waals surface area contributed by atoms with Gasteiger partial charge >= 0.3 is 0 Å². The summed E-state index contributed by atoms with van der Waals surface area (Å²) < 4.78 is 17.8. The molecule has 31 heavy (non-hydrogen) atoms. The van der Waals surface area contributed by atoms with E-state index in [1.165, 1.54) is 5.56 Å². The zero-order valence-electron chi connectivity index (χ0n) is 18.7. The highest BCUT2D eigenvalue weighted by Gasteiger charge is 2.43. The van der Waals surface area contributed by atoms with Crippen molar-refractivity contribution in [1.82, 2.24) is 4.90 Å². The zero-order chi connectivity index (χ0) is 22.0. The summed E-state index contributed by atoms with van der Waals surface area (Å²) in [5, 5.41) is 3.36. The maximum absolute atomic E-state index is 6.62. The largest absolute Gasteiger partial charge is 0.490 e. The number of piperidine rings is 1. The summed E-state index contributed by atoms with van der Waals surface area (Å²) in [6.45, 7) is 9.44. The van der Waals surface area contributed by atoms with Gasteiger partial charge in [-0.25, -0.2) is 0 Å². The number of ether oxygens (including phenoxy) is 3. The molecule has 7 nitrogen and oxygen atoms in total. The van der Waals surface area contributed by atoms with Gasteiger partial charge in [-0.05, 0) is 82.6 Å². The van der Waals surface area contributed by atoms with Crippen LogP contribution in [-0.2, 0) is 6.54 Å². The number of fused-ring (bicyclic) bond motifs is 1. The van der Waals surface area contributed by atoms with Crippen LogP contribution in [0.15, 0.2) is 36.4 Å². The molecular weight excluding hydrogens is 392 g/mol. The number of anilines is 2. The lowest BCUT2D eigenvalue weighted by Gasteiger charge is -2.39. The minimum Gasteiger partial charge on any atom is -0.490 e. The number of benzene rings is 2. The Morgan fingerprint density at radius 2 is 1.94 bits per heavy atom. The number of nitrogens with zero attached hydrogens (tertiary/aromatic N) is 1. The van der Waals surface area contributed by atoms with E-state index < -0.39 is 5.85 Å². The van der Waals surface area contributed by atoms with E-state index in [9.17, 15) is 0 Å². The standard InChI is InChI=1S/C24H34N4O3/c1-4-29-23-13-17(5-7-22(23)30-16(2)3)15-28-11-9-18(10-12-28)24(26)27-20-14-19(25)6-8-21(20)31-24/h5-8,13-14,16,18,27H,4,9-12,15,25-26H2,1-3H3. The van der Waals surface area contributed by atoms with Crippen LogP contribution < -0.4 is 31.0 Å². The van der Waals surface area contributed by atoms with Gasteiger partial charge in [0.05, 0.1) is 18.4 Å². The van der Waals surface area contributed by atoms with Crippen LogP contribution in [0.3, 0.4) is 0 Å². The Labute approximate surface area is 184 Å². The summed E-state index contributed by atoms with van der Waals surface area (Å²) in [7, 11) is 0. The van der Waals surface area contributed by atoms with Crippen LogP contribution in [0, 0.1) is 5.92 Å². The summed E-state index contributed by atoms with van der Waals surface area (Å²) in [5.41, 5.74) is 15.3. The number of rotatable bonds is 7. The Morgan fingerprint density at radius 1 is 1.16 bits per heavy atom. The van der Waals surface area contributed by atoms with Gasteiger partial charge in [0.2, 0.25) is 5.85 Å². The number of nitrogen functional groups attached to an aromatic ring is 1. The van der Waals surface area contributed by atoms with Crippen LogP contribution in [-0.4, -0.2) is 36.5 Å². The van der Waals surface area contributed by atoms with E-state index in [1.807, 2.05) is 45.0 Å². The van der Waals surface area contributed by atoms with E-state index in [0.717, 1.165) is 55.4 Å². The number of hydrogen-bond donors (Lipinski definition) is 3. The summed E-state index contributed by atoms with van der Waals surface area (Å²) in [4.78, 5) is 2.45. The molecule has 0 aliphatic carbocycles. The number of nitrogens with two attached hydrogens (primary N) is 2. The predicted molar refractivity (Wildman–Crippen MR) is 123 cm³/mol. The van der Waals surface area contributed by atoms with Gasteiger partial charge in [-0.2, -0.15) is 0 Å². The lowest BCUT2D eigenvalue weighted by atomic mass is 9.91. The fraction of sp³-hybridized carbons (Fsp3) is 0.500. The highest BCUT2D eigenvalue weighted by atomic mass is 16.5. The van der Waals surface area contributed by atoms with Crippen molar-refractivity contribution in [1.29, 1.82) is 0 Å². The maximum Gasteiger partial charge on any atom is 0.239 e. The van der Waals surface area contributed by atoms with Gasteiger partial charge in [-0.3, -0.25) is 10.6 Å². The van der Waals surface area contributed by atoms with Gasteiger partial charge in [-0.15, -0.1) is 0 Å². The second-order valence-electron chi connectivity index (χ2n) is 8.71. The van der Waals surface area contributed by atoms with Crippen molar-refractivity contribution in [2.45, 2.75) is 52.1 Å². The highest BCUT2D eigenvalue weighted by molar-refractivity contribution is 5.67. The minimum atomic E-state index is -0.875. The fourth-order valence-corrected chi connectivity index (χ4v) is 4.39. The van der Waals surface area contributed by atoms with Gasteiger partial charge < -0.3 is 25.3 Å². The number of nitrogens with one attached hydrogen (secondary N) is 1. The molecule has 1 fully saturated rings. The van der Waals surface area contributed by atoms with E-state index in [2.05, 4.69) is 22.3 Å². The lowest BCUT2D eigenvalue weighted by molar-refractivity contribution is 0.0175. The Balaban J connectivity index is 1.36. The third-order valence-electron chi connectivity index (χ3n) is 5.88. The van der Waals surface area contributed by atoms with Crippen molar-refractivity contribution in [3.05, 3.63) is 42.0 Å². The van der Waals surface area contributed by atoms with Gasteiger partial charge in [0, 0.05) is 18.2 Å². The van der Waals surface area contributed by atoms with Crippen molar-refractivity contribution >= 4 is 11.4 Å². The quantitative estimate of drug-likeness (QED) is 0.580. The van der Waals surface area contributed by atoms with Crippen LogP contribution in [0.2, 0.25) is 0 Å². The first-order chi connectivity index (χ1) is 14.9. The molecular formula is C24H34N4O3. The first-order valence-electron chi connectivity index (χ1n) is 11.2. The van der Waals surface area contributed by atoms with Crippen LogP contribution >= 0.6 is 0 Å². The van der Waals surface area contributed by atoms with Crippen molar-refractivity contribution in [3.8, 4) is 17.2 Å². The predicted octanol–water partition coefficient (Wildman–Crippen LogP) is 3.78. The molecule has 0 amide bonds. The molecule has 0 spiro atoms. The van der Waals surface area contributed by atoms with Gasteiger partial charge in [0.1, 0.15) is 5.75 Å². The molecule has 4 rings (SSSR count). The first kappa shape index (κ1) is 21.6. The summed E-state index contributed by atoms with van der Waals surface area (Å²) >= 11 is 0. The third-order valence-corrected chi connectivity index (χ3v) is 5.88. The van der Waals surface area contributed by atoms with Gasteiger partial charge in [0.25, 0.3) is 0 Å². The molecule has 0 saturated carbocycles. The van der Waals surface area contributed by atoms with E-state index >= 15 is 0 Å². The van der Waals surface area contributed by atoms with Crippen LogP contribution in [0.4, 0.5) is 11.4 Å². The molecule has 5 N–H and O–H groups in total. The summed E-state index contributed by atoms with van der Waals surface area (Å²) in [5.74, 6) is 1.73. The topological polar surface area (TPSA) is 95.0 Å². The molecule has 1 atom stereocenters. The SMILES string of the molecule is CCOc1cc(CN2CCC(C3(N)Nc4cc(N)ccc4O3)CC2)ccc1OC(C)C. The van der Waals surface area contributed by atoms with Crippen LogP contribution in [0.1, 0.15) is 39.2 Å². The maximum atomic E-state index is 6.62. The lowest BCUT2D eigenvalue weighted by Crippen LogP contribution is -2.58. The second-order valence-corrected chi connectivity index (χ2v) is 8.71. The molecule has 0 aromatic heterocycles. The van der Waals surface area contributed by atoms with E-state index in [1.54, 1.807) is 0 Å². The minimum absolute atomic E-state index is 0.113. The first-order valence-corrected chi connectivity index (χ1v) is 11.2. The monoisotopic (exact) mass is 426 g/mol. The molecule has 2 heterocycles. The Kier molecular flexibility index (Phi) is 6.16. The van der Waals surface area contributed by atoms with Gasteiger partial charge in [0.15, 0.2) is 11.5 Å².